The molecule has 2 heterocycles. The molecule has 146 valence electrons. The molecule has 1 aromatic carbocycles. The van der Waals surface area contributed by atoms with Gasteiger partial charge in [-0.25, -0.2) is 0 Å². The summed E-state index contributed by atoms with van der Waals surface area (Å²) in [4.78, 5) is 27.9. The van der Waals surface area contributed by atoms with Crippen molar-refractivity contribution >= 4 is 16.8 Å². The topological polar surface area (TPSA) is 89.3 Å². The van der Waals surface area contributed by atoms with E-state index < -0.39 is 6.04 Å². The lowest BCUT2D eigenvalue weighted by molar-refractivity contribution is -0.126. The first kappa shape index (κ1) is 19.4. The molecular formula is C19H27N5O3. The van der Waals surface area contributed by atoms with Gasteiger partial charge in [0.25, 0.3) is 5.56 Å². The van der Waals surface area contributed by atoms with Gasteiger partial charge >= 0.3 is 0 Å². The first-order chi connectivity index (χ1) is 13.1. The van der Waals surface area contributed by atoms with E-state index in [4.69, 9.17) is 4.74 Å². The van der Waals surface area contributed by atoms with Crippen LogP contribution in [0, 0.1) is 5.92 Å². The molecule has 1 aromatic heterocycles. The number of carbonyl (C=O) groups is 1. The van der Waals surface area contributed by atoms with Gasteiger partial charge in [-0.2, -0.15) is 4.68 Å². The van der Waals surface area contributed by atoms with E-state index in [0.29, 0.717) is 17.4 Å². The summed E-state index contributed by atoms with van der Waals surface area (Å²) in [5.41, 5.74) is 0.245. The number of fused-ring (bicyclic) bond motifs is 1. The van der Waals surface area contributed by atoms with Gasteiger partial charge in [0.15, 0.2) is 0 Å². The van der Waals surface area contributed by atoms with Crippen LogP contribution in [0.2, 0.25) is 0 Å². The minimum absolute atomic E-state index is 0.0857. The summed E-state index contributed by atoms with van der Waals surface area (Å²) < 4.78 is 6.55. The Balaban J connectivity index is 1.65. The molecule has 0 spiro atoms. The van der Waals surface area contributed by atoms with Crippen molar-refractivity contribution in [3.8, 4) is 0 Å². The highest BCUT2D eigenvalue weighted by Gasteiger charge is 2.27. The van der Waals surface area contributed by atoms with Gasteiger partial charge in [0.2, 0.25) is 5.91 Å². The Morgan fingerprint density at radius 2 is 2.00 bits per heavy atom. The molecule has 1 aliphatic rings. The number of amides is 1. The zero-order valence-electron chi connectivity index (χ0n) is 15.9. The highest BCUT2D eigenvalue weighted by Crippen LogP contribution is 2.16. The quantitative estimate of drug-likeness (QED) is 0.723. The van der Waals surface area contributed by atoms with Gasteiger partial charge in [0.1, 0.15) is 11.6 Å². The third-order valence-corrected chi connectivity index (χ3v) is 4.81. The minimum atomic E-state index is -0.682. The molecule has 1 N–H and O–H groups in total. The number of morpholine rings is 1. The number of hydrogen-bond acceptors (Lipinski definition) is 6. The number of ether oxygens (including phenoxy) is 1. The minimum Gasteiger partial charge on any atom is -0.379 e. The zero-order valence-corrected chi connectivity index (χ0v) is 15.9. The van der Waals surface area contributed by atoms with Gasteiger partial charge in [0, 0.05) is 19.6 Å². The lowest BCUT2D eigenvalue weighted by atomic mass is 10.0. The van der Waals surface area contributed by atoms with Crippen molar-refractivity contribution in [2.45, 2.75) is 26.3 Å². The number of hydrogen-bond donors (Lipinski definition) is 1. The molecule has 0 bridgehead atoms. The normalized spacial score (nSPS) is 16.6. The van der Waals surface area contributed by atoms with Crippen molar-refractivity contribution in [2.24, 2.45) is 5.92 Å². The molecule has 8 nitrogen and oxygen atoms in total. The average molecular weight is 373 g/mol. The molecule has 2 aromatic rings. The lowest BCUT2D eigenvalue weighted by Crippen LogP contribution is -2.42. The van der Waals surface area contributed by atoms with Gasteiger partial charge in [-0.15, -0.1) is 5.10 Å². The summed E-state index contributed by atoms with van der Waals surface area (Å²) in [5, 5.41) is 11.5. The molecule has 1 atom stereocenters. The second kappa shape index (κ2) is 9.05. The number of nitrogens with one attached hydrogen (secondary N) is 1. The van der Waals surface area contributed by atoms with Crippen molar-refractivity contribution in [1.29, 1.82) is 0 Å². The van der Waals surface area contributed by atoms with Gasteiger partial charge in [-0.05, 0) is 31.0 Å². The summed E-state index contributed by atoms with van der Waals surface area (Å²) in [6, 6.07) is 6.36. The van der Waals surface area contributed by atoms with Crippen molar-refractivity contribution in [1.82, 2.24) is 25.2 Å². The van der Waals surface area contributed by atoms with Crippen LogP contribution in [0.25, 0.3) is 10.9 Å². The Hall–Kier alpha value is -2.32. The molecule has 0 aliphatic carbocycles. The Morgan fingerprint density at radius 1 is 1.26 bits per heavy atom. The average Bonchev–Trinajstić information content (AvgIpc) is 2.68. The van der Waals surface area contributed by atoms with Gasteiger partial charge in [-0.3, -0.25) is 14.5 Å². The predicted molar refractivity (Wildman–Crippen MR) is 103 cm³/mol. The molecule has 1 aliphatic heterocycles. The summed E-state index contributed by atoms with van der Waals surface area (Å²) in [6.45, 7) is 8.70. The number of aromatic nitrogens is 3. The molecule has 8 heteroatoms. The smallest absolute Gasteiger partial charge is 0.278 e. The Kier molecular flexibility index (Phi) is 6.52. The Labute approximate surface area is 158 Å². The molecule has 0 radical (unpaired) electrons. The molecule has 1 fully saturated rings. The molecule has 1 saturated heterocycles. The molecule has 27 heavy (non-hydrogen) atoms. The number of rotatable bonds is 7. The largest absolute Gasteiger partial charge is 0.379 e. The number of nitrogens with zero attached hydrogens (tertiary/aromatic N) is 4. The summed E-state index contributed by atoms with van der Waals surface area (Å²) in [6.07, 6.45) is 0.856. The lowest BCUT2D eigenvalue weighted by Gasteiger charge is -2.26. The van der Waals surface area contributed by atoms with Crippen LogP contribution in [-0.2, 0) is 9.53 Å². The first-order valence-corrected chi connectivity index (χ1v) is 9.50. The van der Waals surface area contributed by atoms with E-state index in [1.807, 2.05) is 19.9 Å². The van der Waals surface area contributed by atoms with Crippen molar-refractivity contribution in [2.75, 3.05) is 39.4 Å². The van der Waals surface area contributed by atoms with Crippen LogP contribution in [0.5, 0.6) is 0 Å². The summed E-state index contributed by atoms with van der Waals surface area (Å²) in [5.74, 6) is -0.281. The fourth-order valence-electron chi connectivity index (χ4n) is 3.32. The van der Waals surface area contributed by atoms with E-state index in [9.17, 15) is 9.59 Å². The van der Waals surface area contributed by atoms with Gasteiger partial charge in [0.05, 0.1) is 18.6 Å². The van der Waals surface area contributed by atoms with E-state index in [-0.39, 0.29) is 17.4 Å². The van der Waals surface area contributed by atoms with E-state index in [2.05, 4.69) is 20.5 Å². The zero-order chi connectivity index (χ0) is 19.2. The van der Waals surface area contributed by atoms with Crippen LogP contribution in [0.4, 0.5) is 0 Å². The number of benzene rings is 1. The van der Waals surface area contributed by atoms with Crippen LogP contribution in [0.15, 0.2) is 29.1 Å². The van der Waals surface area contributed by atoms with Crippen LogP contribution in [0.3, 0.4) is 0 Å². The maximum atomic E-state index is 12.8. The van der Waals surface area contributed by atoms with Gasteiger partial charge < -0.3 is 10.1 Å². The second-order valence-corrected chi connectivity index (χ2v) is 7.14. The third-order valence-electron chi connectivity index (χ3n) is 4.81. The van der Waals surface area contributed by atoms with E-state index in [1.165, 1.54) is 4.68 Å². The first-order valence-electron chi connectivity index (χ1n) is 9.50. The maximum absolute atomic E-state index is 12.8. The Morgan fingerprint density at radius 3 is 2.74 bits per heavy atom. The number of carbonyl (C=O) groups excluding carboxylic acids is 1. The molecule has 0 unspecified atom stereocenters. The molecule has 0 saturated carbocycles. The maximum Gasteiger partial charge on any atom is 0.278 e. The Bertz CT molecular complexity index is 829. The van der Waals surface area contributed by atoms with Crippen LogP contribution < -0.4 is 10.9 Å². The molecular weight excluding hydrogens is 346 g/mol. The van der Waals surface area contributed by atoms with Crippen molar-refractivity contribution < 1.29 is 9.53 Å². The summed E-state index contributed by atoms with van der Waals surface area (Å²) in [7, 11) is 0. The van der Waals surface area contributed by atoms with E-state index >= 15 is 0 Å². The highest BCUT2D eigenvalue weighted by molar-refractivity contribution is 5.81. The van der Waals surface area contributed by atoms with E-state index in [1.54, 1.807) is 18.2 Å². The third kappa shape index (κ3) is 4.70. The van der Waals surface area contributed by atoms with E-state index in [0.717, 1.165) is 39.3 Å². The molecule has 1 amide bonds. The predicted octanol–water partition coefficient (Wildman–Crippen LogP) is 0.827. The van der Waals surface area contributed by atoms with Crippen molar-refractivity contribution in [3.63, 3.8) is 0 Å². The fourth-order valence-corrected chi connectivity index (χ4v) is 3.32. The summed E-state index contributed by atoms with van der Waals surface area (Å²) >= 11 is 0. The van der Waals surface area contributed by atoms with Crippen molar-refractivity contribution in [3.05, 3.63) is 34.6 Å². The standard InChI is InChI=1S/C19H27N5O3/c1-14(2)17(18(25)20-8-5-9-23-10-12-27-13-11-23)24-19(26)15-6-3-4-7-16(15)21-22-24/h3-4,6-7,14,17H,5,8-13H2,1-2H3,(H,20,25)/t17-/m0/s1. The van der Waals surface area contributed by atoms with Crippen LogP contribution >= 0.6 is 0 Å². The monoisotopic (exact) mass is 373 g/mol. The second-order valence-electron chi connectivity index (χ2n) is 7.14. The van der Waals surface area contributed by atoms with Crippen LogP contribution in [0.1, 0.15) is 26.3 Å². The van der Waals surface area contributed by atoms with Crippen LogP contribution in [-0.4, -0.2) is 65.2 Å². The fraction of sp³-hybridized carbons (Fsp3) is 0.579. The van der Waals surface area contributed by atoms with Gasteiger partial charge in [-0.1, -0.05) is 31.2 Å². The SMILES string of the molecule is CC(C)[C@@H](C(=O)NCCCN1CCOCC1)n1nnc2ccccc2c1=O. The molecule has 3 rings (SSSR count). The highest BCUT2D eigenvalue weighted by atomic mass is 16.5.